The summed E-state index contributed by atoms with van der Waals surface area (Å²) in [6.07, 6.45) is 4.84. The maximum absolute atomic E-state index is 11.3. The molecule has 0 bridgehead atoms. The van der Waals surface area contributed by atoms with Crippen molar-refractivity contribution in [3.8, 4) is 6.07 Å². The summed E-state index contributed by atoms with van der Waals surface area (Å²) in [5.74, 6) is -0.0819. The van der Waals surface area contributed by atoms with E-state index in [4.69, 9.17) is 5.26 Å². The molecule has 1 aliphatic carbocycles. The number of nitrogens with zero attached hydrogens (tertiary/aromatic N) is 1. The number of amides is 1. The highest BCUT2D eigenvalue weighted by atomic mass is 16.1. The van der Waals surface area contributed by atoms with Crippen LogP contribution in [0.15, 0.2) is 11.6 Å². The Bertz CT molecular complexity index is 250. The number of nitriles is 1. The third kappa shape index (κ3) is 2.09. The molecule has 1 N–H and O–H groups in total. The van der Waals surface area contributed by atoms with E-state index in [0.717, 1.165) is 24.8 Å². The third-order valence-corrected chi connectivity index (χ3v) is 1.87. The smallest absolute Gasteiger partial charge is 0.247 e. The van der Waals surface area contributed by atoms with Gasteiger partial charge in [0.05, 0.1) is 6.07 Å². The van der Waals surface area contributed by atoms with Crippen LogP contribution in [0.5, 0.6) is 0 Å². The van der Waals surface area contributed by atoms with E-state index in [1.807, 2.05) is 12.1 Å². The van der Waals surface area contributed by atoms with Gasteiger partial charge in [0.25, 0.3) is 0 Å². The van der Waals surface area contributed by atoms with E-state index in [1.54, 1.807) is 6.92 Å². The topological polar surface area (TPSA) is 52.9 Å². The maximum atomic E-state index is 11.3. The lowest BCUT2D eigenvalue weighted by atomic mass is 10.2. The molecule has 0 heterocycles. The minimum atomic E-state index is -0.390. The Balaban J connectivity index is 2.44. The summed E-state index contributed by atoms with van der Waals surface area (Å²) in [7, 11) is 0. The van der Waals surface area contributed by atoms with Gasteiger partial charge in [0.15, 0.2) is 0 Å². The molecule has 3 nitrogen and oxygen atoms in total. The predicted molar refractivity (Wildman–Crippen MR) is 45.2 cm³/mol. The van der Waals surface area contributed by atoms with Crippen LogP contribution in [0.4, 0.5) is 0 Å². The van der Waals surface area contributed by atoms with Crippen molar-refractivity contribution < 1.29 is 4.79 Å². The second-order valence-corrected chi connectivity index (χ2v) is 2.95. The number of carbonyl (C=O) groups excluding carboxylic acids is 1. The molecule has 0 fully saturated rings. The van der Waals surface area contributed by atoms with Crippen LogP contribution in [0.1, 0.15) is 26.2 Å². The first-order valence-corrected chi connectivity index (χ1v) is 4.13. The van der Waals surface area contributed by atoms with Crippen molar-refractivity contribution in [3.05, 3.63) is 11.6 Å². The third-order valence-electron chi connectivity index (χ3n) is 1.87. The molecule has 0 radical (unpaired) electrons. The predicted octanol–water partition coefficient (Wildman–Crippen LogP) is 1.12. The fourth-order valence-electron chi connectivity index (χ4n) is 1.20. The average Bonchev–Trinajstić information content (AvgIpc) is 2.56. The molecule has 1 atom stereocenters. The van der Waals surface area contributed by atoms with Gasteiger partial charge >= 0.3 is 0 Å². The summed E-state index contributed by atoms with van der Waals surface area (Å²) >= 11 is 0. The Hall–Kier alpha value is -1.30. The number of hydrogen-bond donors (Lipinski definition) is 1. The van der Waals surface area contributed by atoms with Gasteiger partial charge in [-0.25, -0.2) is 0 Å². The van der Waals surface area contributed by atoms with Gasteiger partial charge in [0.1, 0.15) is 6.04 Å². The molecule has 64 valence electrons. The van der Waals surface area contributed by atoms with Crippen molar-refractivity contribution in [2.24, 2.45) is 0 Å². The van der Waals surface area contributed by atoms with Crippen LogP contribution in [0.25, 0.3) is 0 Å². The fourth-order valence-corrected chi connectivity index (χ4v) is 1.20. The second-order valence-electron chi connectivity index (χ2n) is 2.95. The van der Waals surface area contributed by atoms with Crippen molar-refractivity contribution in [1.29, 1.82) is 5.26 Å². The molecular formula is C9H12N2O. The van der Waals surface area contributed by atoms with E-state index in [-0.39, 0.29) is 11.9 Å². The zero-order chi connectivity index (χ0) is 8.97. The van der Waals surface area contributed by atoms with Gasteiger partial charge < -0.3 is 5.32 Å². The zero-order valence-electron chi connectivity index (χ0n) is 7.13. The van der Waals surface area contributed by atoms with Crippen LogP contribution >= 0.6 is 0 Å². The lowest BCUT2D eigenvalue weighted by Gasteiger charge is -2.05. The van der Waals surface area contributed by atoms with Gasteiger partial charge in [-0.05, 0) is 26.2 Å². The molecule has 0 spiro atoms. The van der Waals surface area contributed by atoms with Crippen LogP contribution in [0.3, 0.4) is 0 Å². The lowest BCUT2D eigenvalue weighted by molar-refractivity contribution is -0.117. The van der Waals surface area contributed by atoms with E-state index in [9.17, 15) is 4.79 Å². The van der Waals surface area contributed by atoms with Crippen molar-refractivity contribution in [3.63, 3.8) is 0 Å². The fraction of sp³-hybridized carbons (Fsp3) is 0.556. The van der Waals surface area contributed by atoms with Crippen molar-refractivity contribution in [2.45, 2.75) is 32.2 Å². The first kappa shape index (κ1) is 8.79. The Morgan fingerprint density at radius 3 is 3.08 bits per heavy atom. The number of hydrogen-bond acceptors (Lipinski definition) is 2. The van der Waals surface area contributed by atoms with E-state index in [1.165, 1.54) is 0 Å². The molecule has 0 saturated carbocycles. The van der Waals surface area contributed by atoms with Gasteiger partial charge in [-0.15, -0.1) is 0 Å². The quantitative estimate of drug-likeness (QED) is 0.665. The van der Waals surface area contributed by atoms with E-state index in [2.05, 4.69) is 5.32 Å². The molecule has 0 saturated heterocycles. The van der Waals surface area contributed by atoms with Crippen molar-refractivity contribution >= 4 is 5.91 Å². The largest absolute Gasteiger partial charge is 0.337 e. The summed E-state index contributed by atoms with van der Waals surface area (Å²) in [5, 5.41) is 11.0. The zero-order valence-corrected chi connectivity index (χ0v) is 7.13. The normalized spacial score (nSPS) is 17.8. The molecule has 1 amide bonds. The SMILES string of the molecule is C[C@@H](C#N)NC(=O)C1=CCCC1. The van der Waals surface area contributed by atoms with Crippen LogP contribution in [-0.2, 0) is 4.79 Å². The molecule has 3 heteroatoms. The van der Waals surface area contributed by atoms with Gasteiger partial charge in [0.2, 0.25) is 5.91 Å². The Morgan fingerprint density at radius 1 is 1.83 bits per heavy atom. The number of rotatable bonds is 2. The van der Waals surface area contributed by atoms with E-state index in [0.29, 0.717) is 0 Å². The summed E-state index contributed by atoms with van der Waals surface area (Å²) < 4.78 is 0. The Labute approximate surface area is 72.1 Å². The number of nitrogens with one attached hydrogen (secondary N) is 1. The molecule has 0 aromatic rings. The van der Waals surface area contributed by atoms with Crippen molar-refractivity contribution in [1.82, 2.24) is 5.32 Å². The first-order valence-electron chi connectivity index (χ1n) is 4.13. The van der Waals surface area contributed by atoms with Crippen LogP contribution < -0.4 is 5.32 Å². The number of carbonyl (C=O) groups is 1. The summed E-state index contributed by atoms with van der Waals surface area (Å²) in [4.78, 5) is 11.3. The summed E-state index contributed by atoms with van der Waals surface area (Å²) in [5.41, 5.74) is 0.831. The summed E-state index contributed by atoms with van der Waals surface area (Å²) in [6.45, 7) is 1.67. The molecule has 1 rings (SSSR count). The molecule has 0 aliphatic heterocycles. The molecular weight excluding hydrogens is 152 g/mol. The minimum Gasteiger partial charge on any atom is -0.337 e. The van der Waals surface area contributed by atoms with Gasteiger partial charge in [-0.1, -0.05) is 6.08 Å². The highest BCUT2D eigenvalue weighted by molar-refractivity contribution is 5.94. The van der Waals surface area contributed by atoms with Crippen LogP contribution in [0.2, 0.25) is 0 Å². The van der Waals surface area contributed by atoms with Crippen LogP contribution in [-0.4, -0.2) is 11.9 Å². The highest BCUT2D eigenvalue weighted by Gasteiger charge is 2.14. The van der Waals surface area contributed by atoms with Gasteiger partial charge in [-0.2, -0.15) is 5.26 Å². The maximum Gasteiger partial charge on any atom is 0.247 e. The average molecular weight is 164 g/mol. The summed E-state index contributed by atoms with van der Waals surface area (Å²) in [6, 6.07) is 1.57. The molecule has 1 aliphatic rings. The minimum absolute atomic E-state index is 0.0819. The monoisotopic (exact) mass is 164 g/mol. The Morgan fingerprint density at radius 2 is 2.58 bits per heavy atom. The van der Waals surface area contributed by atoms with Crippen LogP contribution in [0, 0.1) is 11.3 Å². The first-order chi connectivity index (χ1) is 5.74. The second kappa shape index (κ2) is 3.91. The molecule has 0 aromatic carbocycles. The molecule has 0 aromatic heterocycles. The standard InChI is InChI=1S/C9H12N2O/c1-7(6-10)11-9(12)8-4-2-3-5-8/h4,7H,2-3,5H2,1H3,(H,11,12)/t7-/m0/s1. The molecule has 12 heavy (non-hydrogen) atoms. The lowest BCUT2D eigenvalue weighted by Crippen LogP contribution is -2.32. The van der Waals surface area contributed by atoms with Gasteiger partial charge in [-0.3, -0.25) is 4.79 Å². The Kier molecular flexibility index (Phi) is 2.87. The van der Waals surface area contributed by atoms with Crippen molar-refractivity contribution in [2.75, 3.05) is 0 Å². The van der Waals surface area contributed by atoms with E-state index >= 15 is 0 Å². The highest BCUT2D eigenvalue weighted by Crippen LogP contribution is 2.17. The van der Waals surface area contributed by atoms with Gasteiger partial charge in [0, 0.05) is 5.57 Å². The molecule has 0 unspecified atom stereocenters. The van der Waals surface area contributed by atoms with E-state index < -0.39 is 0 Å². The number of allylic oxidation sites excluding steroid dienone is 1.